The Morgan fingerprint density at radius 3 is 2.41 bits per heavy atom. The van der Waals surface area contributed by atoms with Crippen molar-refractivity contribution in [1.82, 2.24) is 29.1 Å². The molecular formula is C27H34N6O6S2. The molecule has 4 heterocycles. The van der Waals surface area contributed by atoms with Crippen molar-refractivity contribution < 1.29 is 26.4 Å². The first-order chi connectivity index (χ1) is 19.3. The van der Waals surface area contributed by atoms with E-state index in [1.807, 2.05) is 24.5 Å². The molecular weight excluding hydrogens is 568 g/mol. The van der Waals surface area contributed by atoms with Gasteiger partial charge in [-0.15, -0.1) is 0 Å². The summed E-state index contributed by atoms with van der Waals surface area (Å²) >= 11 is 0. The van der Waals surface area contributed by atoms with Crippen molar-refractivity contribution in [2.75, 3.05) is 26.0 Å². The van der Waals surface area contributed by atoms with Crippen LogP contribution in [0.25, 0.3) is 22.1 Å². The smallest absolute Gasteiger partial charge is 0.325 e. The van der Waals surface area contributed by atoms with Gasteiger partial charge in [-0.25, -0.2) is 31.5 Å². The summed E-state index contributed by atoms with van der Waals surface area (Å²) in [7, 11) is -7.63. The molecule has 0 saturated carbocycles. The first-order valence-electron chi connectivity index (χ1n) is 13.4. The molecule has 1 aromatic carbocycles. The Morgan fingerprint density at radius 2 is 1.78 bits per heavy atom. The number of hydrogen-bond acceptors (Lipinski definition) is 9. The molecule has 0 bridgehead atoms. The van der Waals surface area contributed by atoms with Crippen molar-refractivity contribution in [3.63, 3.8) is 0 Å². The second kappa shape index (κ2) is 10.8. The number of sulfonamides is 1. The van der Waals surface area contributed by atoms with Crippen LogP contribution in [0.15, 0.2) is 52.5 Å². The highest BCUT2D eigenvalue weighted by Gasteiger charge is 2.39. The number of sulfone groups is 1. The Balaban J connectivity index is 1.65. The summed E-state index contributed by atoms with van der Waals surface area (Å²) in [6.07, 6.45) is 3.99. The molecule has 0 unspecified atom stereocenters. The average Bonchev–Trinajstić information content (AvgIpc) is 3.56. The maximum Gasteiger partial charge on any atom is 0.325 e. The number of esters is 1. The van der Waals surface area contributed by atoms with Crippen molar-refractivity contribution in [3.05, 3.63) is 48.4 Å². The number of benzene rings is 1. The van der Waals surface area contributed by atoms with E-state index in [1.165, 1.54) is 12.1 Å². The van der Waals surface area contributed by atoms with Gasteiger partial charge < -0.3 is 14.3 Å². The molecule has 0 radical (unpaired) electrons. The van der Waals surface area contributed by atoms with Crippen LogP contribution in [0, 0.1) is 0 Å². The highest BCUT2D eigenvalue weighted by Crippen LogP contribution is 2.37. The van der Waals surface area contributed by atoms with Gasteiger partial charge in [-0.05, 0) is 51.8 Å². The summed E-state index contributed by atoms with van der Waals surface area (Å²) in [6.45, 7) is 6.78. The number of nitrogens with zero attached hydrogens (tertiary/aromatic N) is 4. The van der Waals surface area contributed by atoms with Crippen molar-refractivity contribution in [2.24, 2.45) is 0 Å². The Hall–Kier alpha value is -3.33. The number of carbonyl (C=O) groups is 1. The van der Waals surface area contributed by atoms with Crippen LogP contribution >= 0.6 is 0 Å². The number of fused-ring (bicyclic) bond motifs is 3. The molecule has 4 aromatic rings. The minimum absolute atomic E-state index is 0.0829. The number of imidazole rings is 1. The SMILES string of the molecule is CCOC(=O)C(C)(C)N1CCC(n2c(CNS(C)(=O)=O)nc3c(S(=O)(=O)c4ccccc4)nc4[nH]ccc4c32)CC1. The molecule has 220 valence electrons. The molecule has 2 N–H and O–H groups in total. The van der Waals surface area contributed by atoms with Crippen LogP contribution in [0.4, 0.5) is 0 Å². The Labute approximate surface area is 239 Å². The molecule has 41 heavy (non-hydrogen) atoms. The molecule has 1 fully saturated rings. The molecule has 0 aliphatic carbocycles. The van der Waals surface area contributed by atoms with Gasteiger partial charge in [0.2, 0.25) is 19.9 Å². The Morgan fingerprint density at radius 1 is 1.10 bits per heavy atom. The number of hydrogen-bond donors (Lipinski definition) is 2. The fraction of sp³-hybridized carbons (Fsp3) is 0.444. The van der Waals surface area contributed by atoms with E-state index in [0.29, 0.717) is 54.9 Å². The van der Waals surface area contributed by atoms with Gasteiger partial charge in [-0.1, -0.05) is 18.2 Å². The van der Waals surface area contributed by atoms with Gasteiger partial charge in [0.1, 0.15) is 22.5 Å². The number of likely N-dealkylation sites (tertiary alicyclic amines) is 1. The molecule has 0 spiro atoms. The highest BCUT2D eigenvalue weighted by molar-refractivity contribution is 7.91. The number of ether oxygens (including phenoxy) is 1. The van der Waals surface area contributed by atoms with E-state index in [-0.39, 0.29) is 34.0 Å². The zero-order valence-corrected chi connectivity index (χ0v) is 25.0. The van der Waals surface area contributed by atoms with Crippen LogP contribution in [0.2, 0.25) is 0 Å². The second-order valence-electron chi connectivity index (χ2n) is 10.7. The van der Waals surface area contributed by atoms with E-state index in [0.717, 1.165) is 6.26 Å². The second-order valence-corrected chi connectivity index (χ2v) is 14.4. The number of aromatic amines is 1. The summed E-state index contributed by atoms with van der Waals surface area (Å²) < 4.78 is 61.5. The van der Waals surface area contributed by atoms with Crippen LogP contribution in [0.5, 0.6) is 0 Å². The van der Waals surface area contributed by atoms with Gasteiger partial charge in [0.25, 0.3) is 0 Å². The topological polar surface area (TPSA) is 156 Å². The van der Waals surface area contributed by atoms with Crippen molar-refractivity contribution >= 4 is 47.9 Å². The van der Waals surface area contributed by atoms with E-state index in [4.69, 9.17) is 9.72 Å². The maximum atomic E-state index is 13.8. The minimum atomic E-state index is -4.06. The van der Waals surface area contributed by atoms with Crippen molar-refractivity contribution in [2.45, 2.75) is 61.7 Å². The number of H-pyrrole nitrogens is 1. The normalized spacial score (nSPS) is 16.0. The Bertz CT molecular complexity index is 1800. The van der Waals surface area contributed by atoms with E-state index in [2.05, 4.69) is 19.6 Å². The number of aromatic nitrogens is 4. The maximum absolute atomic E-state index is 13.8. The molecule has 0 atom stereocenters. The molecule has 14 heteroatoms. The van der Waals surface area contributed by atoms with Gasteiger partial charge in [0, 0.05) is 30.7 Å². The number of rotatable bonds is 9. The van der Waals surface area contributed by atoms with Crippen LogP contribution in [0.3, 0.4) is 0 Å². The number of pyridine rings is 1. The predicted molar refractivity (Wildman–Crippen MR) is 154 cm³/mol. The fourth-order valence-corrected chi connectivity index (χ4v) is 7.15. The summed E-state index contributed by atoms with van der Waals surface area (Å²) in [6, 6.07) is 9.70. The average molecular weight is 603 g/mol. The molecule has 5 rings (SSSR count). The molecule has 1 saturated heterocycles. The zero-order valence-electron chi connectivity index (χ0n) is 23.4. The van der Waals surface area contributed by atoms with Gasteiger partial charge in [-0.3, -0.25) is 9.69 Å². The van der Waals surface area contributed by atoms with Crippen molar-refractivity contribution in [1.29, 1.82) is 0 Å². The summed E-state index contributed by atoms with van der Waals surface area (Å²) in [5.41, 5.74) is 0.323. The third kappa shape index (κ3) is 5.48. The number of piperidine rings is 1. The lowest BCUT2D eigenvalue weighted by Crippen LogP contribution is -2.54. The van der Waals surface area contributed by atoms with Crippen LogP contribution in [-0.4, -0.2) is 78.7 Å². The van der Waals surface area contributed by atoms with E-state index < -0.39 is 25.4 Å². The third-order valence-corrected chi connectivity index (χ3v) is 9.93. The lowest BCUT2D eigenvalue weighted by molar-refractivity contribution is -0.156. The molecule has 12 nitrogen and oxygen atoms in total. The summed E-state index contributed by atoms with van der Waals surface area (Å²) in [5.74, 6) is 0.0916. The Kier molecular flexibility index (Phi) is 7.70. The highest BCUT2D eigenvalue weighted by atomic mass is 32.2. The lowest BCUT2D eigenvalue weighted by atomic mass is 9.96. The lowest BCUT2D eigenvalue weighted by Gasteiger charge is -2.41. The first-order valence-corrected chi connectivity index (χ1v) is 16.8. The van der Waals surface area contributed by atoms with Gasteiger partial charge in [-0.2, -0.15) is 0 Å². The van der Waals surface area contributed by atoms with E-state index in [9.17, 15) is 21.6 Å². The summed E-state index contributed by atoms with van der Waals surface area (Å²) in [5, 5.41) is 0.480. The molecule has 0 amide bonds. The van der Waals surface area contributed by atoms with Gasteiger partial charge in [0.15, 0.2) is 5.03 Å². The third-order valence-electron chi connectivity index (χ3n) is 7.58. The zero-order chi connectivity index (χ0) is 29.6. The number of carbonyl (C=O) groups excluding carboxylic acids is 1. The molecule has 1 aliphatic rings. The van der Waals surface area contributed by atoms with Gasteiger partial charge >= 0.3 is 5.97 Å². The standard InChI is InChI=1S/C27H34N6O6S2/c1-5-39-26(34)27(2,3)32-15-12-18(13-16-32)33-21(17-29-40(4,35)36)30-22-23(33)20-11-14-28-24(20)31-25(22)41(37,38)19-9-7-6-8-10-19/h6-11,14,18,29H,5,12-13,15-17H2,1-4H3,(H,28,31). The largest absolute Gasteiger partial charge is 0.465 e. The van der Waals surface area contributed by atoms with Crippen LogP contribution < -0.4 is 4.72 Å². The van der Waals surface area contributed by atoms with Crippen molar-refractivity contribution in [3.8, 4) is 0 Å². The van der Waals surface area contributed by atoms with Crippen LogP contribution in [-0.2, 0) is 35.9 Å². The monoisotopic (exact) mass is 602 g/mol. The van der Waals surface area contributed by atoms with Crippen LogP contribution in [0.1, 0.15) is 45.5 Å². The predicted octanol–water partition coefficient (Wildman–Crippen LogP) is 2.77. The molecule has 1 aliphatic heterocycles. The fourth-order valence-electron chi connectivity index (χ4n) is 5.42. The minimum Gasteiger partial charge on any atom is -0.465 e. The van der Waals surface area contributed by atoms with Gasteiger partial charge in [0.05, 0.1) is 29.8 Å². The van der Waals surface area contributed by atoms with E-state index in [1.54, 1.807) is 31.3 Å². The summed E-state index contributed by atoms with van der Waals surface area (Å²) in [4.78, 5) is 27.0. The van der Waals surface area contributed by atoms with E-state index >= 15 is 0 Å². The molecule has 3 aromatic heterocycles. The number of nitrogens with one attached hydrogen (secondary N) is 2. The quantitative estimate of drug-likeness (QED) is 0.275. The first kappa shape index (κ1) is 29.2.